The van der Waals surface area contributed by atoms with Crippen molar-refractivity contribution in [2.75, 3.05) is 13.7 Å². The Hall–Kier alpha value is -1.81. The second kappa shape index (κ2) is 10.7. The predicted octanol–water partition coefficient (Wildman–Crippen LogP) is 4.41. The molecule has 2 aromatic carbocycles. The zero-order valence-electron chi connectivity index (χ0n) is 17.6. The van der Waals surface area contributed by atoms with Gasteiger partial charge in [-0.2, -0.15) is 0 Å². The number of thioether (sulfide) groups is 1. The first-order valence-electron chi connectivity index (χ1n) is 9.62. The van der Waals surface area contributed by atoms with Crippen LogP contribution < -0.4 is 4.74 Å². The fourth-order valence-corrected chi connectivity index (χ4v) is 4.59. The Kier molecular flexibility index (Phi) is 7.71. The number of carbonyl (C=O) groups is 2. The Morgan fingerprint density at radius 1 is 1.16 bits per heavy atom. The van der Waals surface area contributed by atoms with Crippen LogP contribution in [0.4, 0.5) is 0 Å². The third kappa shape index (κ3) is 5.00. The first-order chi connectivity index (χ1) is 15.3. The van der Waals surface area contributed by atoms with E-state index < -0.39 is 35.0 Å². The lowest BCUT2D eigenvalue weighted by Gasteiger charge is -2.46. The molecule has 10 heteroatoms. The topological polar surface area (TPSA) is 80.3 Å². The number of methoxy groups -OCH3 is 1. The van der Waals surface area contributed by atoms with Gasteiger partial charge in [0.05, 0.1) is 44.4 Å². The van der Waals surface area contributed by atoms with E-state index in [0.29, 0.717) is 10.6 Å². The molecule has 1 unspecified atom stereocenters. The van der Waals surface area contributed by atoms with Gasteiger partial charge < -0.3 is 14.2 Å². The van der Waals surface area contributed by atoms with Crippen LogP contribution in [-0.2, 0) is 22.8 Å². The molecule has 0 amide bonds. The maximum atomic E-state index is 12.9. The molecule has 0 radical (unpaired) electrons. The number of hydrogen-bond donors (Lipinski definition) is 0. The lowest BCUT2D eigenvalue weighted by molar-refractivity contribution is -0.199. The highest BCUT2D eigenvalue weighted by Crippen LogP contribution is 2.43. The Labute approximate surface area is 195 Å². The minimum Gasteiger partial charge on any atom is -0.497 e. The van der Waals surface area contributed by atoms with Gasteiger partial charge in [-0.1, -0.05) is 30.0 Å². The van der Waals surface area contributed by atoms with Gasteiger partial charge in [0.2, 0.25) is 5.60 Å². The molecule has 4 atom stereocenters. The summed E-state index contributed by atoms with van der Waals surface area (Å²) in [6.45, 7) is 0.897. The van der Waals surface area contributed by atoms with Gasteiger partial charge in [0.1, 0.15) is 17.3 Å². The summed E-state index contributed by atoms with van der Waals surface area (Å²) in [5.41, 5.74) is -4.22. The van der Waals surface area contributed by atoms with E-state index in [1.165, 1.54) is 19.2 Å². The van der Waals surface area contributed by atoms with Crippen molar-refractivity contribution >= 4 is 47.2 Å². The van der Waals surface area contributed by atoms with Crippen molar-refractivity contribution in [1.82, 2.24) is 0 Å². The SMILES string of the molecule is [2H]C1(Sc2ccccc2)OC[C@@H](OCl)[C@H](OC(=O)c2ccc(OC)cc2)[C@]1(OCl)C(C)=O. The maximum absolute atomic E-state index is 12.9. The summed E-state index contributed by atoms with van der Waals surface area (Å²) in [7, 11) is 1.50. The zero-order chi connectivity index (χ0) is 23.4. The number of hydrogen-bond acceptors (Lipinski definition) is 8. The molecule has 3 rings (SSSR count). The number of carbonyl (C=O) groups excluding carboxylic acids is 2. The third-order valence-corrected chi connectivity index (χ3v) is 6.28. The highest BCUT2D eigenvalue weighted by Gasteiger charge is 2.61. The average molecular weight is 488 g/mol. The Balaban J connectivity index is 2.00. The molecule has 31 heavy (non-hydrogen) atoms. The molecular formula is C21H20Cl2O7S. The molecule has 0 N–H and O–H groups in total. The zero-order valence-corrected chi connectivity index (χ0v) is 18.9. The van der Waals surface area contributed by atoms with Gasteiger partial charge in [-0.15, -0.1) is 0 Å². The van der Waals surface area contributed by atoms with E-state index in [2.05, 4.69) is 0 Å². The predicted molar refractivity (Wildman–Crippen MR) is 115 cm³/mol. The summed E-state index contributed by atoms with van der Waals surface area (Å²) in [6, 6.07) is 14.9. The molecule has 166 valence electrons. The second-order valence-electron chi connectivity index (χ2n) is 6.56. The van der Waals surface area contributed by atoms with E-state index in [1.54, 1.807) is 42.5 Å². The average Bonchev–Trinajstić information content (AvgIpc) is 2.80. The fourth-order valence-electron chi connectivity index (χ4n) is 3.05. The van der Waals surface area contributed by atoms with Crippen molar-refractivity contribution < 1.29 is 33.7 Å². The maximum Gasteiger partial charge on any atom is 0.338 e. The number of ketones is 1. The second-order valence-corrected chi connectivity index (χ2v) is 7.94. The Bertz CT molecular complexity index is 949. The summed E-state index contributed by atoms with van der Waals surface area (Å²) in [6.07, 6.45) is -2.64. The number of ether oxygens (including phenoxy) is 3. The lowest BCUT2D eigenvalue weighted by atomic mass is 9.87. The Morgan fingerprint density at radius 2 is 1.84 bits per heavy atom. The number of rotatable bonds is 8. The monoisotopic (exact) mass is 487 g/mol. The summed E-state index contributed by atoms with van der Waals surface area (Å²) in [5, 5.41) is 0. The van der Waals surface area contributed by atoms with Gasteiger partial charge in [0, 0.05) is 4.90 Å². The summed E-state index contributed by atoms with van der Waals surface area (Å²) >= 11 is 12.3. The number of halogens is 2. The molecule has 7 nitrogen and oxygen atoms in total. The lowest BCUT2D eigenvalue weighted by Crippen LogP contribution is -2.67. The molecule has 0 bridgehead atoms. The van der Waals surface area contributed by atoms with E-state index in [-0.39, 0.29) is 12.2 Å². The van der Waals surface area contributed by atoms with Crippen molar-refractivity contribution in [3.8, 4) is 5.75 Å². The molecule has 0 saturated carbocycles. The van der Waals surface area contributed by atoms with Gasteiger partial charge in [-0.05, 0) is 43.3 Å². The normalized spacial score (nSPS) is 28.5. The van der Waals surface area contributed by atoms with Crippen LogP contribution in [-0.4, -0.2) is 48.7 Å². The standard InChI is InChI=1S/C21H20Cl2O7S/c1-13(24)21(30-23)18(28-19(25)14-8-10-15(26-2)11-9-14)17(29-22)12-27-20(21)31-16-6-4-3-5-7-16/h3-11,17-18,20H,12H2,1-2H3/t17-,18+,20?,21-/m1/s1/i20D. The Morgan fingerprint density at radius 3 is 2.39 bits per heavy atom. The number of esters is 1. The summed E-state index contributed by atoms with van der Waals surface area (Å²) in [4.78, 5) is 26.4. The first-order valence-corrected chi connectivity index (χ1v) is 10.6. The van der Waals surface area contributed by atoms with Gasteiger partial charge in [-0.25, -0.2) is 4.79 Å². The van der Waals surface area contributed by atoms with Gasteiger partial charge in [-0.3, -0.25) is 13.4 Å². The van der Waals surface area contributed by atoms with Crippen LogP contribution in [0, 0.1) is 0 Å². The van der Waals surface area contributed by atoms with E-state index in [0.717, 1.165) is 18.7 Å². The van der Waals surface area contributed by atoms with Crippen molar-refractivity contribution in [2.24, 2.45) is 0 Å². The molecule has 1 saturated heterocycles. The van der Waals surface area contributed by atoms with Crippen LogP contribution >= 0.6 is 35.5 Å². The van der Waals surface area contributed by atoms with Crippen LogP contribution in [0.15, 0.2) is 59.5 Å². The fraction of sp³-hybridized carbons (Fsp3) is 0.333. The molecule has 0 spiro atoms. The van der Waals surface area contributed by atoms with Crippen LogP contribution in [0.1, 0.15) is 18.7 Å². The molecule has 0 aliphatic carbocycles. The number of Topliss-reactive ketones (excluding diaryl/α,β-unsaturated/α-hetero) is 1. The minimum absolute atomic E-state index is 0.170. The van der Waals surface area contributed by atoms with Crippen LogP contribution in [0.2, 0.25) is 0 Å². The summed E-state index contributed by atoms with van der Waals surface area (Å²) in [5.74, 6) is -0.970. The highest BCUT2D eigenvalue weighted by molar-refractivity contribution is 8.00. The van der Waals surface area contributed by atoms with Gasteiger partial charge in [0.25, 0.3) is 0 Å². The van der Waals surface area contributed by atoms with Gasteiger partial charge in [0.15, 0.2) is 11.9 Å². The third-order valence-electron chi connectivity index (χ3n) is 4.69. The molecule has 1 aliphatic heterocycles. The van der Waals surface area contributed by atoms with Crippen molar-refractivity contribution in [2.45, 2.75) is 35.0 Å². The molecule has 1 aliphatic rings. The molecule has 1 heterocycles. The summed E-state index contributed by atoms with van der Waals surface area (Å²) < 4.78 is 35.4. The minimum atomic E-state index is -2.27. The first kappa shape index (κ1) is 22.4. The van der Waals surface area contributed by atoms with E-state index in [1.807, 2.05) is 0 Å². The van der Waals surface area contributed by atoms with Crippen molar-refractivity contribution in [3.05, 3.63) is 60.2 Å². The van der Waals surface area contributed by atoms with E-state index in [4.69, 9.17) is 47.9 Å². The number of benzene rings is 2. The van der Waals surface area contributed by atoms with Crippen LogP contribution in [0.5, 0.6) is 5.75 Å². The molecule has 1 fully saturated rings. The van der Waals surface area contributed by atoms with Gasteiger partial charge >= 0.3 is 5.97 Å². The van der Waals surface area contributed by atoms with E-state index in [9.17, 15) is 9.59 Å². The van der Waals surface area contributed by atoms with Crippen LogP contribution in [0.25, 0.3) is 0 Å². The highest BCUT2D eigenvalue weighted by atomic mass is 35.5. The molecular weight excluding hydrogens is 467 g/mol. The van der Waals surface area contributed by atoms with E-state index >= 15 is 0 Å². The van der Waals surface area contributed by atoms with Crippen LogP contribution in [0.3, 0.4) is 0 Å². The molecule has 0 aromatic heterocycles. The van der Waals surface area contributed by atoms with Crippen molar-refractivity contribution in [1.29, 1.82) is 0 Å². The smallest absolute Gasteiger partial charge is 0.338 e. The van der Waals surface area contributed by atoms with Crippen molar-refractivity contribution in [3.63, 3.8) is 0 Å². The largest absolute Gasteiger partial charge is 0.497 e. The quantitative estimate of drug-likeness (QED) is 0.506. The molecule has 2 aromatic rings.